The molecular weight excluding hydrogens is 252 g/mol. The molecule has 1 aliphatic heterocycles. The van der Waals surface area contributed by atoms with E-state index in [1.807, 2.05) is 0 Å². The maximum absolute atomic E-state index is 11.3. The number of hydrogen-bond acceptors (Lipinski definition) is 3. The Morgan fingerprint density at radius 3 is 3.06 bits per heavy atom. The van der Waals surface area contributed by atoms with Gasteiger partial charge in [0, 0.05) is 31.2 Å². The Kier molecular flexibility index (Phi) is 3.90. The third-order valence-corrected chi connectivity index (χ3v) is 2.98. The molecule has 0 unspecified atom stereocenters. The highest BCUT2D eigenvalue weighted by molar-refractivity contribution is 6.30. The quantitative estimate of drug-likeness (QED) is 0.869. The SMILES string of the molecule is N#Cc1ccc(Cl)cc1NCCN1CCNC1=O. The number of urea groups is 1. The van der Waals surface area contributed by atoms with E-state index in [-0.39, 0.29) is 6.03 Å². The molecule has 1 aromatic carbocycles. The molecule has 0 aliphatic carbocycles. The molecule has 2 rings (SSSR count). The van der Waals surface area contributed by atoms with E-state index in [0.29, 0.717) is 35.9 Å². The Hall–Kier alpha value is -1.93. The first-order valence-electron chi connectivity index (χ1n) is 5.67. The number of benzene rings is 1. The minimum atomic E-state index is -0.0385. The lowest BCUT2D eigenvalue weighted by molar-refractivity contribution is 0.219. The zero-order chi connectivity index (χ0) is 13.0. The predicted molar refractivity (Wildman–Crippen MR) is 69.6 cm³/mol. The number of rotatable bonds is 4. The van der Waals surface area contributed by atoms with E-state index in [1.54, 1.807) is 23.1 Å². The van der Waals surface area contributed by atoms with Crippen molar-refractivity contribution in [1.29, 1.82) is 5.26 Å². The predicted octanol–water partition coefficient (Wildman–Crippen LogP) is 1.65. The highest BCUT2D eigenvalue weighted by Crippen LogP contribution is 2.20. The lowest BCUT2D eigenvalue weighted by atomic mass is 10.2. The summed E-state index contributed by atoms with van der Waals surface area (Å²) < 4.78 is 0. The molecular formula is C12H13ClN4O. The van der Waals surface area contributed by atoms with Crippen LogP contribution in [-0.2, 0) is 0 Å². The second-order valence-electron chi connectivity index (χ2n) is 3.95. The van der Waals surface area contributed by atoms with Crippen molar-refractivity contribution >= 4 is 23.3 Å². The number of amides is 2. The number of nitriles is 1. The molecule has 6 heteroatoms. The third-order valence-electron chi connectivity index (χ3n) is 2.74. The molecule has 0 radical (unpaired) electrons. The van der Waals surface area contributed by atoms with E-state index in [1.165, 1.54) is 0 Å². The lowest BCUT2D eigenvalue weighted by Gasteiger charge is -2.15. The first-order chi connectivity index (χ1) is 8.70. The van der Waals surface area contributed by atoms with Gasteiger partial charge in [0.25, 0.3) is 0 Å². The molecule has 5 nitrogen and oxygen atoms in total. The van der Waals surface area contributed by atoms with Crippen LogP contribution in [0.3, 0.4) is 0 Å². The Morgan fingerprint density at radius 1 is 1.56 bits per heavy atom. The maximum Gasteiger partial charge on any atom is 0.317 e. The van der Waals surface area contributed by atoms with Crippen molar-refractivity contribution in [3.63, 3.8) is 0 Å². The van der Waals surface area contributed by atoms with Gasteiger partial charge in [0.15, 0.2) is 0 Å². The first-order valence-corrected chi connectivity index (χ1v) is 6.05. The average molecular weight is 265 g/mol. The van der Waals surface area contributed by atoms with Gasteiger partial charge in [0.05, 0.1) is 11.3 Å². The summed E-state index contributed by atoms with van der Waals surface area (Å²) in [6.45, 7) is 2.60. The van der Waals surface area contributed by atoms with Crippen molar-refractivity contribution in [2.75, 3.05) is 31.5 Å². The van der Waals surface area contributed by atoms with Crippen molar-refractivity contribution in [2.45, 2.75) is 0 Å². The standard InChI is InChI=1S/C12H13ClN4O/c13-10-2-1-9(8-14)11(7-10)15-3-5-17-6-4-16-12(17)18/h1-2,7,15H,3-6H2,(H,16,18). The van der Waals surface area contributed by atoms with Crippen LogP contribution in [0.1, 0.15) is 5.56 Å². The summed E-state index contributed by atoms with van der Waals surface area (Å²) in [5, 5.41) is 15.4. The largest absolute Gasteiger partial charge is 0.382 e. The van der Waals surface area contributed by atoms with Crippen LogP contribution >= 0.6 is 11.6 Å². The van der Waals surface area contributed by atoms with Crippen LogP contribution in [0.4, 0.5) is 10.5 Å². The van der Waals surface area contributed by atoms with Gasteiger partial charge in [-0.2, -0.15) is 5.26 Å². The van der Waals surface area contributed by atoms with Gasteiger partial charge >= 0.3 is 6.03 Å². The summed E-state index contributed by atoms with van der Waals surface area (Å²) >= 11 is 5.88. The Balaban J connectivity index is 1.92. The summed E-state index contributed by atoms with van der Waals surface area (Å²) in [4.78, 5) is 13.0. The van der Waals surface area contributed by atoms with Crippen molar-refractivity contribution in [3.05, 3.63) is 28.8 Å². The van der Waals surface area contributed by atoms with Crippen LogP contribution < -0.4 is 10.6 Å². The number of hydrogen-bond donors (Lipinski definition) is 2. The summed E-state index contributed by atoms with van der Waals surface area (Å²) in [5.74, 6) is 0. The van der Waals surface area contributed by atoms with Crippen molar-refractivity contribution in [3.8, 4) is 6.07 Å². The van der Waals surface area contributed by atoms with Crippen LogP contribution in [0, 0.1) is 11.3 Å². The van der Waals surface area contributed by atoms with E-state index in [9.17, 15) is 4.79 Å². The summed E-state index contributed by atoms with van der Waals surface area (Å²) in [6.07, 6.45) is 0. The minimum absolute atomic E-state index is 0.0385. The molecule has 1 fully saturated rings. The molecule has 1 saturated heterocycles. The van der Waals surface area contributed by atoms with E-state index < -0.39 is 0 Å². The number of halogens is 1. The molecule has 18 heavy (non-hydrogen) atoms. The van der Waals surface area contributed by atoms with Gasteiger partial charge in [0.2, 0.25) is 0 Å². The van der Waals surface area contributed by atoms with E-state index in [4.69, 9.17) is 16.9 Å². The Bertz CT molecular complexity index is 497. The first kappa shape index (κ1) is 12.5. The fourth-order valence-corrected chi connectivity index (χ4v) is 1.98. The van der Waals surface area contributed by atoms with Gasteiger partial charge in [0.1, 0.15) is 6.07 Å². The minimum Gasteiger partial charge on any atom is -0.382 e. The second-order valence-corrected chi connectivity index (χ2v) is 4.38. The normalized spacial score (nSPS) is 14.2. The van der Waals surface area contributed by atoms with Crippen LogP contribution in [0.5, 0.6) is 0 Å². The molecule has 0 aromatic heterocycles. The number of nitrogens with one attached hydrogen (secondary N) is 2. The fraction of sp³-hybridized carbons (Fsp3) is 0.333. The number of carbonyl (C=O) groups is 1. The van der Waals surface area contributed by atoms with Crippen molar-refractivity contribution < 1.29 is 4.79 Å². The third kappa shape index (κ3) is 2.84. The van der Waals surface area contributed by atoms with Crippen molar-refractivity contribution in [1.82, 2.24) is 10.2 Å². The lowest BCUT2D eigenvalue weighted by Crippen LogP contribution is -2.32. The number of anilines is 1. The zero-order valence-corrected chi connectivity index (χ0v) is 10.5. The van der Waals surface area contributed by atoms with E-state index in [0.717, 1.165) is 6.54 Å². The van der Waals surface area contributed by atoms with Crippen molar-refractivity contribution in [2.24, 2.45) is 0 Å². The average Bonchev–Trinajstić information content (AvgIpc) is 2.76. The molecule has 1 aliphatic rings. The summed E-state index contributed by atoms with van der Waals surface area (Å²) in [7, 11) is 0. The molecule has 0 atom stereocenters. The molecule has 2 N–H and O–H groups in total. The molecule has 0 bridgehead atoms. The van der Waals surface area contributed by atoms with Crippen LogP contribution in [0.25, 0.3) is 0 Å². The maximum atomic E-state index is 11.3. The van der Waals surface area contributed by atoms with Gasteiger partial charge in [-0.1, -0.05) is 11.6 Å². The van der Waals surface area contributed by atoms with Gasteiger partial charge in [-0.15, -0.1) is 0 Å². The van der Waals surface area contributed by atoms with Gasteiger partial charge < -0.3 is 15.5 Å². The van der Waals surface area contributed by atoms with Gasteiger partial charge in [-0.05, 0) is 18.2 Å². The van der Waals surface area contributed by atoms with Gasteiger partial charge in [-0.25, -0.2) is 4.79 Å². The molecule has 94 valence electrons. The summed E-state index contributed by atoms with van der Waals surface area (Å²) in [5.41, 5.74) is 1.25. The molecule has 1 aromatic rings. The van der Waals surface area contributed by atoms with Crippen LogP contribution in [-0.4, -0.2) is 37.1 Å². The van der Waals surface area contributed by atoms with Gasteiger partial charge in [-0.3, -0.25) is 0 Å². The highest BCUT2D eigenvalue weighted by Gasteiger charge is 2.18. The number of nitrogens with zero attached hydrogens (tertiary/aromatic N) is 2. The Morgan fingerprint density at radius 2 is 2.39 bits per heavy atom. The Labute approximate surface area is 110 Å². The smallest absolute Gasteiger partial charge is 0.317 e. The molecule has 1 heterocycles. The molecule has 0 saturated carbocycles. The topological polar surface area (TPSA) is 68.2 Å². The monoisotopic (exact) mass is 264 g/mol. The van der Waals surface area contributed by atoms with Crippen LogP contribution in [0.2, 0.25) is 5.02 Å². The molecule has 0 spiro atoms. The number of carbonyl (C=O) groups excluding carboxylic acids is 1. The fourth-order valence-electron chi connectivity index (χ4n) is 1.81. The summed E-state index contributed by atoms with van der Waals surface area (Å²) in [6, 6.07) is 7.12. The van der Waals surface area contributed by atoms with E-state index >= 15 is 0 Å². The second kappa shape index (κ2) is 5.61. The zero-order valence-electron chi connectivity index (χ0n) is 9.74. The highest BCUT2D eigenvalue weighted by atomic mass is 35.5. The molecule has 2 amide bonds. The van der Waals surface area contributed by atoms with Crippen LogP contribution in [0.15, 0.2) is 18.2 Å². The van der Waals surface area contributed by atoms with E-state index in [2.05, 4.69) is 16.7 Å².